The van der Waals surface area contributed by atoms with Gasteiger partial charge in [0.05, 0.1) is 19.0 Å². The summed E-state index contributed by atoms with van der Waals surface area (Å²) in [6, 6.07) is 14.2. The summed E-state index contributed by atoms with van der Waals surface area (Å²) in [6.45, 7) is 4.83. The van der Waals surface area contributed by atoms with Gasteiger partial charge in [-0.2, -0.15) is 0 Å². The smallest absolute Gasteiger partial charge is 0.209 e. The Morgan fingerprint density at radius 2 is 1.82 bits per heavy atom. The standard InChI is InChI=1S/C20H25FN2O3S.ClH/c1-15(22-27(2,24)25)17-5-3-16(4-6-17)13-23-11-12-26-20(14-23)18-7-9-19(21)10-8-18;/h3-10,15,20,22H,11-14H2,1-2H3;1H/t15-,20-;/m1./s1. The Hall–Kier alpha value is -1.51. The van der Waals surface area contributed by atoms with Crippen molar-refractivity contribution in [2.75, 3.05) is 26.0 Å². The molecule has 0 saturated carbocycles. The molecule has 1 fully saturated rings. The third-order valence-electron chi connectivity index (χ3n) is 4.67. The number of sulfonamides is 1. The minimum atomic E-state index is -3.24. The first kappa shape index (κ1) is 22.8. The van der Waals surface area contributed by atoms with Gasteiger partial charge >= 0.3 is 0 Å². The molecule has 2 aromatic rings. The molecule has 0 amide bonds. The van der Waals surface area contributed by atoms with E-state index in [1.54, 1.807) is 12.1 Å². The highest BCUT2D eigenvalue weighted by molar-refractivity contribution is 7.88. The quantitative estimate of drug-likeness (QED) is 0.765. The van der Waals surface area contributed by atoms with Crippen molar-refractivity contribution < 1.29 is 17.5 Å². The number of nitrogens with zero attached hydrogens (tertiary/aromatic N) is 1. The highest BCUT2D eigenvalue weighted by atomic mass is 35.5. The van der Waals surface area contributed by atoms with E-state index in [0.717, 1.165) is 42.6 Å². The lowest BCUT2D eigenvalue weighted by Crippen LogP contribution is -2.37. The molecule has 0 radical (unpaired) electrons. The van der Waals surface area contributed by atoms with Gasteiger partial charge < -0.3 is 4.74 Å². The number of hydrogen-bond acceptors (Lipinski definition) is 4. The second-order valence-corrected chi connectivity index (χ2v) is 8.78. The molecular weight excluding hydrogens is 403 g/mol. The summed E-state index contributed by atoms with van der Waals surface area (Å²) < 4.78 is 44.3. The molecule has 1 aliphatic rings. The van der Waals surface area contributed by atoms with Crippen molar-refractivity contribution in [2.24, 2.45) is 0 Å². The van der Waals surface area contributed by atoms with E-state index in [4.69, 9.17) is 4.74 Å². The van der Waals surface area contributed by atoms with E-state index >= 15 is 0 Å². The number of benzene rings is 2. The van der Waals surface area contributed by atoms with Gasteiger partial charge in [-0.15, -0.1) is 12.4 Å². The molecule has 2 atom stereocenters. The zero-order valence-corrected chi connectivity index (χ0v) is 17.6. The first-order valence-electron chi connectivity index (χ1n) is 8.96. The molecule has 3 rings (SSSR count). The van der Waals surface area contributed by atoms with Crippen molar-refractivity contribution in [3.63, 3.8) is 0 Å². The number of halogens is 2. The van der Waals surface area contributed by atoms with Crippen LogP contribution >= 0.6 is 12.4 Å². The van der Waals surface area contributed by atoms with E-state index in [2.05, 4.69) is 9.62 Å². The van der Waals surface area contributed by atoms with Crippen molar-refractivity contribution >= 4 is 22.4 Å². The first-order valence-corrected chi connectivity index (χ1v) is 10.8. The maximum atomic E-state index is 13.1. The second kappa shape index (κ2) is 9.80. The summed E-state index contributed by atoms with van der Waals surface area (Å²) in [4.78, 5) is 2.31. The molecule has 1 heterocycles. The monoisotopic (exact) mass is 428 g/mol. The average Bonchev–Trinajstić information content (AvgIpc) is 2.62. The Balaban J connectivity index is 0.00000280. The minimum absolute atomic E-state index is 0. The molecule has 1 aliphatic heterocycles. The Kier molecular flexibility index (Phi) is 7.97. The van der Waals surface area contributed by atoms with Crippen LogP contribution in [0.1, 0.15) is 35.8 Å². The predicted molar refractivity (Wildman–Crippen MR) is 110 cm³/mol. The van der Waals surface area contributed by atoms with E-state index < -0.39 is 10.0 Å². The van der Waals surface area contributed by atoms with Crippen molar-refractivity contribution in [1.29, 1.82) is 0 Å². The molecule has 28 heavy (non-hydrogen) atoms. The molecular formula is C20H26ClFN2O3S. The lowest BCUT2D eigenvalue weighted by Gasteiger charge is -2.33. The van der Waals surface area contributed by atoms with Crippen LogP contribution in [0.25, 0.3) is 0 Å². The molecule has 5 nitrogen and oxygen atoms in total. The van der Waals surface area contributed by atoms with Crippen LogP contribution in [-0.2, 0) is 21.3 Å². The zero-order valence-electron chi connectivity index (χ0n) is 16.0. The summed E-state index contributed by atoms with van der Waals surface area (Å²) in [7, 11) is -3.24. The maximum absolute atomic E-state index is 13.1. The summed E-state index contributed by atoms with van der Waals surface area (Å²) in [6.07, 6.45) is 1.10. The van der Waals surface area contributed by atoms with Crippen molar-refractivity contribution in [3.8, 4) is 0 Å². The third kappa shape index (κ3) is 6.53. The molecule has 2 aromatic carbocycles. The molecule has 0 spiro atoms. The van der Waals surface area contributed by atoms with E-state index in [-0.39, 0.29) is 30.4 Å². The molecule has 8 heteroatoms. The Labute approximate surface area is 172 Å². The van der Waals surface area contributed by atoms with Crippen LogP contribution < -0.4 is 4.72 Å². The molecule has 0 aromatic heterocycles. The fourth-order valence-corrected chi connectivity index (χ4v) is 4.06. The molecule has 1 saturated heterocycles. The van der Waals surface area contributed by atoms with Crippen LogP contribution in [0.3, 0.4) is 0 Å². The van der Waals surface area contributed by atoms with Crippen LogP contribution in [0.15, 0.2) is 48.5 Å². The second-order valence-electron chi connectivity index (χ2n) is 7.00. The molecule has 0 aliphatic carbocycles. The first-order chi connectivity index (χ1) is 12.8. The van der Waals surface area contributed by atoms with Gasteiger partial charge in [0.1, 0.15) is 5.82 Å². The van der Waals surface area contributed by atoms with Crippen molar-refractivity contribution in [3.05, 3.63) is 71.0 Å². The van der Waals surface area contributed by atoms with Crippen LogP contribution in [0, 0.1) is 5.82 Å². The summed E-state index contributed by atoms with van der Waals surface area (Å²) >= 11 is 0. The summed E-state index contributed by atoms with van der Waals surface area (Å²) in [5, 5.41) is 0. The fourth-order valence-electron chi connectivity index (χ4n) is 3.28. The van der Waals surface area contributed by atoms with Crippen LogP contribution in [-0.4, -0.2) is 39.3 Å². The van der Waals surface area contributed by atoms with E-state index in [9.17, 15) is 12.8 Å². The minimum Gasteiger partial charge on any atom is -0.371 e. The van der Waals surface area contributed by atoms with Gasteiger partial charge in [0, 0.05) is 25.7 Å². The Morgan fingerprint density at radius 3 is 2.43 bits per heavy atom. The number of nitrogens with one attached hydrogen (secondary N) is 1. The van der Waals surface area contributed by atoms with Gasteiger partial charge in [0.2, 0.25) is 10.0 Å². The number of rotatable bonds is 6. The SMILES string of the molecule is C[C@@H](NS(C)(=O)=O)c1ccc(CN2CCO[C@@H](c3ccc(F)cc3)C2)cc1.Cl. The van der Waals surface area contributed by atoms with Gasteiger partial charge in [0.15, 0.2) is 0 Å². The largest absolute Gasteiger partial charge is 0.371 e. The highest BCUT2D eigenvalue weighted by Gasteiger charge is 2.22. The third-order valence-corrected chi connectivity index (χ3v) is 5.45. The topological polar surface area (TPSA) is 58.6 Å². The van der Waals surface area contributed by atoms with Gasteiger partial charge in [-0.05, 0) is 35.7 Å². The lowest BCUT2D eigenvalue weighted by atomic mass is 10.1. The van der Waals surface area contributed by atoms with Gasteiger partial charge in [-0.3, -0.25) is 4.90 Å². The Bertz CT molecular complexity index is 860. The number of hydrogen-bond donors (Lipinski definition) is 1. The lowest BCUT2D eigenvalue weighted by molar-refractivity contribution is -0.0329. The van der Waals surface area contributed by atoms with Crippen molar-refractivity contribution in [1.82, 2.24) is 9.62 Å². The van der Waals surface area contributed by atoms with E-state index in [1.807, 2.05) is 31.2 Å². The fraction of sp³-hybridized carbons (Fsp3) is 0.400. The van der Waals surface area contributed by atoms with Crippen LogP contribution in [0.2, 0.25) is 0 Å². The van der Waals surface area contributed by atoms with Gasteiger partial charge in [0.25, 0.3) is 0 Å². The van der Waals surface area contributed by atoms with Crippen LogP contribution in [0.5, 0.6) is 0 Å². The molecule has 0 unspecified atom stereocenters. The zero-order chi connectivity index (χ0) is 19.4. The van der Waals surface area contributed by atoms with E-state index in [0.29, 0.717) is 6.61 Å². The molecule has 0 bridgehead atoms. The molecule has 154 valence electrons. The average molecular weight is 429 g/mol. The maximum Gasteiger partial charge on any atom is 0.209 e. The number of ether oxygens (including phenoxy) is 1. The normalized spacial score (nSPS) is 19.0. The summed E-state index contributed by atoms with van der Waals surface area (Å²) in [5.41, 5.74) is 3.07. The Morgan fingerprint density at radius 1 is 1.18 bits per heavy atom. The van der Waals surface area contributed by atoms with E-state index in [1.165, 1.54) is 12.1 Å². The van der Waals surface area contributed by atoms with Crippen molar-refractivity contribution in [2.45, 2.75) is 25.6 Å². The van der Waals surface area contributed by atoms with Gasteiger partial charge in [-0.1, -0.05) is 36.4 Å². The highest BCUT2D eigenvalue weighted by Crippen LogP contribution is 2.24. The van der Waals surface area contributed by atoms with Crippen LogP contribution in [0.4, 0.5) is 4.39 Å². The summed E-state index contributed by atoms with van der Waals surface area (Å²) in [5.74, 6) is -0.244. The van der Waals surface area contributed by atoms with Gasteiger partial charge in [-0.25, -0.2) is 17.5 Å². The molecule has 1 N–H and O–H groups in total. The number of morpholine rings is 1. The predicted octanol–water partition coefficient (Wildman–Crippen LogP) is 3.43.